The Balaban J connectivity index is 1.67. The Morgan fingerprint density at radius 1 is 1.06 bits per heavy atom. The van der Waals surface area contributed by atoms with E-state index in [0.717, 1.165) is 27.5 Å². The Kier molecular flexibility index (Phi) is 6.06. The summed E-state index contributed by atoms with van der Waals surface area (Å²) in [7, 11) is 1.35. The van der Waals surface area contributed by atoms with Crippen LogP contribution in [0.5, 0.6) is 0 Å². The van der Waals surface area contributed by atoms with Gasteiger partial charge < -0.3 is 9.64 Å². The molecule has 0 unspecified atom stereocenters. The maximum atomic E-state index is 13.3. The van der Waals surface area contributed by atoms with Crippen molar-refractivity contribution in [2.45, 2.75) is 32.6 Å². The average molecular weight is 432 g/mol. The molecule has 2 atom stereocenters. The molecule has 6 heteroatoms. The van der Waals surface area contributed by atoms with Crippen LogP contribution in [0.2, 0.25) is 0 Å². The third-order valence-electron chi connectivity index (χ3n) is 6.03. The first kappa shape index (κ1) is 21.7. The van der Waals surface area contributed by atoms with E-state index >= 15 is 0 Å². The summed E-state index contributed by atoms with van der Waals surface area (Å²) in [5.74, 6) is -0.887. The Hall–Kier alpha value is -3.51. The highest BCUT2D eigenvalue weighted by Crippen LogP contribution is 2.29. The van der Waals surface area contributed by atoms with E-state index in [4.69, 9.17) is 4.74 Å². The molecule has 0 fully saturated rings. The molecule has 1 N–H and O–H groups in total. The highest BCUT2D eigenvalue weighted by molar-refractivity contribution is 5.97. The molecule has 1 heterocycles. The Morgan fingerprint density at radius 3 is 2.44 bits per heavy atom. The number of halogens is 1. The third kappa shape index (κ3) is 4.14. The number of ether oxygens (including phenoxy) is 1. The molecule has 1 amide bonds. The number of nitrogens with one attached hydrogen (secondary N) is 1. The van der Waals surface area contributed by atoms with E-state index < -0.39 is 18.2 Å². The number of hydrogen-bond acceptors (Lipinski definition) is 4. The van der Waals surface area contributed by atoms with Crippen LogP contribution in [0, 0.1) is 5.82 Å². The van der Waals surface area contributed by atoms with Crippen molar-refractivity contribution in [2.75, 3.05) is 7.11 Å². The molecule has 0 aromatic heterocycles. The second kappa shape index (κ2) is 8.93. The first-order chi connectivity index (χ1) is 15.4. The molecule has 3 aromatic carbocycles. The number of carbonyl (C=O) groups excluding carboxylic acids is 2. The van der Waals surface area contributed by atoms with Crippen molar-refractivity contribution in [3.8, 4) is 0 Å². The summed E-state index contributed by atoms with van der Waals surface area (Å²) >= 11 is 0. The van der Waals surface area contributed by atoms with E-state index in [2.05, 4.69) is 5.32 Å². The number of methoxy groups -OCH3 is 1. The normalized spacial score (nSPS) is 17.2. The van der Waals surface area contributed by atoms with Gasteiger partial charge in [-0.3, -0.25) is 10.1 Å². The van der Waals surface area contributed by atoms with Gasteiger partial charge in [0.1, 0.15) is 18.0 Å². The van der Waals surface area contributed by atoms with Gasteiger partial charge in [0.2, 0.25) is 0 Å². The number of nitrogens with zero attached hydrogens (tertiary/aromatic N) is 1. The van der Waals surface area contributed by atoms with Crippen LogP contribution < -0.4 is 5.32 Å². The summed E-state index contributed by atoms with van der Waals surface area (Å²) < 4.78 is 18.4. The summed E-state index contributed by atoms with van der Waals surface area (Å²) in [4.78, 5) is 27.4. The fraction of sp³-hybridized carbons (Fsp3) is 0.231. The van der Waals surface area contributed by atoms with Crippen LogP contribution in [0.1, 0.15) is 31.0 Å². The molecule has 4 rings (SSSR count). The molecule has 0 saturated heterocycles. The van der Waals surface area contributed by atoms with Gasteiger partial charge in [-0.2, -0.15) is 0 Å². The van der Waals surface area contributed by atoms with Gasteiger partial charge in [-0.15, -0.1) is 0 Å². The minimum Gasteiger partial charge on any atom is -0.468 e. The predicted molar refractivity (Wildman–Crippen MR) is 121 cm³/mol. The van der Waals surface area contributed by atoms with Gasteiger partial charge in [-0.1, -0.05) is 48.5 Å². The second-order valence-electron chi connectivity index (χ2n) is 8.00. The van der Waals surface area contributed by atoms with Gasteiger partial charge >= 0.3 is 5.97 Å². The highest BCUT2D eigenvalue weighted by atomic mass is 19.1. The van der Waals surface area contributed by atoms with Crippen molar-refractivity contribution in [3.05, 3.63) is 94.8 Å². The molecule has 164 valence electrons. The zero-order valence-corrected chi connectivity index (χ0v) is 18.3. The number of amides is 1. The molecule has 32 heavy (non-hydrogen) atoms. The number of fused-ring (bicyclic) bond motifs is 1. The lowest BCUT2D eigenvalue weighted by atomic mass is 10.0. The zero-order valence-electron chi connectivity index (χ0n) is 18.3. The number of esters is 1. The standard InChI is InChI=1S/C26H25FN2O3/c1-16-17(2)25(30)29(15-18-8-12-22(27)13-9-18)24(16)28-23(26(31)32-3)21-11-10-19-6-4-5-7-20(19)14-21/h4-14,23-24,28H,15H2,1-3H3/t23-,24-/m1/s1. The van der Waals surface area contributed by atoms with E-state index in [-0.39, 0.29) is 18.3 Å². The summed E-state index contributed by atoms with van der Waals surface area (Å²) in [6.45, 7) is 3.95. The van der Waals surface area contributed by atoms with Crippen LogP contribution in [0.25, 0.3) is 10.8 Å². The van der Waals surface area contributed by atoms with Gasteiger partial charge in [0.25, 0.3) is 5.91 Å². The highest BCUT2D eigenvalue weighted by Gasteiger charge is 2.37. The van der Waals surface area contributed by atoms with Crippen molar-refractivity contribution in [2.24, 2.45) is 0 Å². The maximum absolute atomic E-state index is 13.3. The average Bonchev–Trinajstić information content (AvgIpc) is 3.01. The van der Waals surface area contributed by atoms with E-state index in [1.165, 1.54) is 19.2 Å². The molecular formula is C26H25FN2O3. The van der Waals surface area contributed by atoms with Gasteiger partial charge in [0, 0.05) is 12.1 Å². The van der Waals surface area contributed by atoms with Gasteiger partial charge in [-0.25, -0.2) is 9.18 Å². The van der Waals surface area contributed by atoms with E-state index in [9.17, 15) is 14.0 Å². The summed E-state index contributed by atoms with van der Waals surface area (Å²) in [6.07, 6.45) is -0.497. The van der Waals surface area contributed by atoms with Crippen molar-refractivity contribution < 1.29 is 18.7 Å². The van der Waals surface area contributed by atoms with Crippen LogP contribution in [-0.2, 0) is 20.9 Å². The molecule has 0 bridgehead atoms. The fourth-order valence-corrected chi connectivity index (χ4v) is 4.07. The zero-order chi connectivity index (χ0) is 22.8. The molecule has 1 aliphatic rings. The fourth-order valence-electron chi connectivity index (χ4n) is 4.07. The number of benzene rings is 3. The van der Waals surface area contributed by atoms with Crippen LogP contribution in [0.4, 0.5) is 4.39 Å². The number of rotatable bonds is 6. The van der Waals surface area contributed by atoms with Crippen LogP contribution >= 0.6 is 0 Å². The Labute approximate surface area is 186 Å². The van der Waals surface area contributed by atoms with E-state index in [1.807, 2.05) is 49.4 Å². The molecule has 0 spiro atoms. The Bertz CT molecular complexity index is 1200. The molecule has 0 radical (unpaired) electrons. The van der Waals surface area contributed by atoms with Crippen molar-refractivity contribution >= 4 is 22.6 Å². The smallest absolute Gasteiger partial charge is 0.327 e. The largest absolute Gasteiger partial charge is 0.468 e. The van der Waals surface area contributed by atoms with Crippen LogP contribution in [-0.4, -0.2) is 30.1 Å². The molecule has 3 aromatic rings. The minimum absolute atomic E-state index is 0.119. The number of hydrogen-bond donors (Lipinski definition) is 1. The van der Waals surface area contributed by atoms with Crippen LogP contribution in [0.15, 0.2) is 77.9 Å². The second-order valence-corrected chi connectivity index (χ2v) is 8.00. The van der Waals surface area contributed by atoms with Crippen molar-refractivity contribution in [1.29, 1.82) is 0 Å². The van der Waals surface area contributed by atoms with Gasteiger partial charge in [0.15, 0.2) is 0 Å². The SMILES string of the molecule is COC(=O)[C@H](N[C@H]1C(C)=C(C)C(=O)N1Cc1ccc(F)cc1)c1ccc2ccccc2c1. The lowest BCUT2D eigenvalue weighted by molar-refractivity contribution is -0.144. The third-order valence-corrected chi connectivity index (χ3v) is 6.03. The lowest BCUT2D eigenvalue weighted by Crippen LogP contribution is -2.48. The minimum atomic E-state index is -0.765. The van der Waals surface area contributed by atoms with Gasteiger partial charge in [-0.05, 0) is 59.5 Å². The molecule has 5 nitrogen and oxygen atoms in total. The van der Waals surface area contributed by atoms with E-state index in [0.29, 0.717) is 5.57 Å². The van der Waals surface area contributed by atoms with E-state index in [1.54, 1.807) is 24.0 Å². The molecule has 0 aliphatic carbocycles. The first-order valence-electron chi connectivity index (χ1n) is 10.4. The monoisotopic (exact) mass is 432 g/mol. The van der Waals surface area contributed by atoms with Crippen molar-refractivity contribution in [1.82, 2.24) is 10.2 Å². The Morgan fingerprint density at radius 2 is 1.75 bits per heavy atom. The lowest BCUT2D eigenvalue weighted by Gasteiger charge is -2.31. The first-order valence-corrected chi connectivity index (χ1v) is 10.4. The van der Waals surface area contributed by atoms with Crippen LogP contribution in [0.3, 0.4) is 0 Å². The van der Waals surface area contributed by atoms with Crippen molar-refractivity contribution in [3.63, 3.8) is 0 Å². The predicted octanol–water partition coefficient (Wildman–Crippen LogP) is 4.49. The summed E-state index contributed by atoms with van der Waals surface area (Å²) in [6, 6.07) is 19.0. The summed E-state index contributed by atoms with van der Waals surface area (Å²) in [5.41, 5.74) is 3.02. The summed E-state index contributed by atoms with van der Waals surface area (Å²) in [5, 5.41) is 5.42. The maximum Gasteiger partial charge on any atom is 0.327 e. The van der Waals surface area contributed by atoms with Gasteiger partial charge in [0.05, 0.1) is 7.11 Å². The quantitative estimate of drug-likeness (QED) is 0.583. The molecular weight excluding hydrogens is 407 g/mol. The molecule has 0 saturated carbocycles. The number of carbonyl (C=O) groups is 2. The topological polar surface area (TPSA) is 58.6 Å². The molecule has 1 aliphatic heterocycles.